The Labute approximate surface area is 152 Å². The first-order valence-electron chi connectivity index (χ1n) is 8.06. The zero-order chi connectivity index (χ0) is 18.2. The second-order valence-corrected chi connectivity index (χ2v) is 6.80. The van der Waals surface area contributed by atoms with Crippen LogP contribution in [0, 0.1) is 0 Å². The topological polar surface area (TPSA) is 67.4 Å². The largest absolute Gasteiger partial charge is 0.492 e. The second kappa shape index (κ2) is 9.13. The number of rotatable bonds is 7. The molecule has 0 spiro atoms. The van der Waals surface area contributed by atoms with Crippen LogP contribution in [0.4, 0.5) is 11.4 Å². The first-order valence-corrected chi connectivity index (χ1v) is 8.94. The van der Waals surface area contributed by atoms with Crippen molar-refractivity contribution in [1.29, 1.82) is 0 Å². The molecule has 2 amide bonds. The molecule has 0 radical (unpaired) electrons. The van der Waals surface area contributed by atoms with Crippen molar-refractivity contribution in [2.45, 2.75) is 30.9 Å². The van der Waals surface area contributed by atoms with Gasteiger partial charge in [0.05, 0.1) is 17.5 Å². The van der Waals surface area contributed by atoms with E-state index in [0.29, 0.717) is 23.7 Å². The van der Waals surface area contributed by atoms with Crippen LogP contribution in [0.3, 0.4) is 0 Å². The summed E-state index contributed by atoms with van der Waals surface area (Å²) >= 11 is 1.43. The maximum atomic E-state index is 12.5. The number of hydrogen-bond acceptors (Lipinski definition) is 4. The van der Waals surface area contributed by atoms with E-state index in [0.717, 1.165) is 4.90 Å². The van der Waals surface area contributed by atoms with Crippen LogP contribution in [0.2, 0.25) is 0 Å². The number of nitrogens with one attached hydrogen (secondary N) is 2. The average molecular weight is 358 g/mol. The van der Waals surface area contributed by atoms with E-state index in [-0.39, 0.29) is 17.1 Å². The van der Waals surface area contributed by atoms with Crippen LogP contribution in [-0.4, -0.2) is 23.7 Å². The Morgan fingerprint density at radius 2 is 1.88 bits per heavy atom. The lowest BCUT2D eigenvalue weighted by Gasteiger charge is -2.15. The number of hydrogen-bond donors (Lipinski definition) is 2. The number of benzene rings is 2. The Balaban J connectivity index is 2.02. The van der Waals surface area contributed by atoms with Crippen LogP contribution < -0.4 is 15.4 Å². The summed E-state index contributed by atoms with van der Waals surface area (Å²) in [6.45, 7) is 5.74. The molecular formula is C19H22N2O3S. The van der Waals surface area contributed by atoms with Gasteiger partial charge in [-0.3, -0.25) is 9.59 Å². The summed E-state index contributed by atoms with van der Waals surface area (Å²) in [5.41, 5.74) is 1.38. The van der Waals surface area contributed by atoms with E-state index in [1.165, 1.54) is 18.7 Å². The van der Waals surface area contributed by atoms with Crippen molar-refractivity contribution in [3.05, 3.63) is 48.5 Å². The minimum Gasteiger partial charge on any atom is -0.492 e. The van der Waals surface area contributed by atoms with Crippen LogP contribution in [0.15, 0.2) is 53.4 Å². The van der Waals surface area contributed by atoms with Gasteiger partial charge in [0, 0.05) is 17.5 Å². The van der Waals surface area contributed by atoms with Gasteiger partial charge >= 0.3 is 0 Å². The van der Waals surface area contributed by atoms with Crippen molar-refractivity contribution in [3.8, 4) is 5.75 Å². The van der Waals surface area contributed by atoms with Crippen molar-refractivity contribution in [2.24, 2.45) is 0 Å². The van der Waals surface area contributed by atoms with Gasteiger partial charge in [0.15, 0.2) is 0 Å². The van der Waals surface area contributed by atoms with Crippen LogP contribution in [0.5, 0.6) is 5.75 Å². The maximum absolute atomic E-state index is 12.5. The summed E-state index contributed by atoms with van der Waals surface area (Å²) in [6, 6.07) is 14.8. The van der Waals surface area contributed by atoms with Gasteiger partial charge < -0.3 is 15.4 Å². The third-order valence-corrected chi connectivity index (χ3v) is 4.37. The fraction of sp³-hybridized carbons (Fsp3) is 0.263. The standard InChI is InChI=1S/C19H22N2O3S/c1-4-24-18-11-6-5-10-17(18)21-19(23)13(2)25-16-9-7-8-15(12-16)20-14(3)22/h5-13H,4H2,1-3H3,(H,20,22)(H,21,23). The van der Waals surface area contributed by atoms with Crippen molar-refractivity contribution >= 4 is 35.0 Å². The fourth-order valence-corrected chi connectivity index (χ4v) is 3.12. The third kappa shape index (κ3) is 5.83. The van der Waals surface area contributed by atoms with E-state index in [1.54, 1.807) is 0 Å². The molecule has 0 aliphatic heterocycles. The summed E-state index contributed by atoms with van der Waals surface area (Å²) in [4.78, 5) is 24.5. The third-order valence-electron chi connectivity index (χ3n) is 3.28. The normalized spacial score (nSPS) is 11.5. The minimum absolute atomic E-state index is 0.109. The van der Waals surface area contributed by atoms with E-state index in [9.17, 15) is 9.59 Å². The van der Waals surface area contributed by atoms with Crippen molar-refractivity contribution in [1.82, 2.24) is 0 Å². The van der Waals surface area contributed by atoms with Gasteiger partial charge in [-0.1, -0.05) is 18.2 Å². The highest BCUT2D eigenvalue weighted by molar-refractivity contribution is 8.00. The Hall–Kier alpha value is -2.47. The molecule has 25 heavy (non-hydrogen) atoms. The summed E-state index contributed by atoms with van der Waals surface area (Å²) in [7, 11) is 0. The molecule has 0 aliphatic carbocycles. The highest BCUT2D eigenvalue weighted by atomic mass is 32.2. The Bertz CT molecular complexity index is 749. The molecule has 0 fully saturated rings. The van der Waals surface area contributed by atoms with Crippen LogP contribution >= 0.6 is 11.8 Å². The lowest BCUT2D eigenvalue weighted by Crippen LogP contribution is -2.22. The van der Waals surface area contributed by atoms with Crippen molar-refractivity contribution < 1.29 is 14.3 Å². The van der Waals surface area contributed by atoms with Crippen molar-refractivity contribution in [2.75, 3.05) is 17.2 Å². The zero-order valence-electron chi connectivity index (χ0n) is 14.5. The van der Waals surface area contributed by atoms with Crippen LogP contribution in [-0.2, 0) is 9.59 Å². The minimum atomic E-state index is -0.303. The first kappa shape index (κ1) is 18.9. The smallest absolute Gasteiger partial charge is 0.237 e. The van der Waals surface area contributed by atoms with Gasteiger partial charge in [-0.05, 0) is 44.2 Å². The first-order chi connectivity index (χ1) is 12.0. The monoisotopic (exact) mass is 358 g/mol. The van der Waals surface area contributed by atoms with Gasteiger partial charge in [0.1, 0.15) is 5.75 Å². The summed E-state index contributed by atoms with van der Waals surface area (Å²) in [5, 5.41) is 5.34. The molecule has 2 aromatic rings. The van der Waals surface area contributed by atoms with Crippen LogP contribution in [0.25, 0.3) is 0 Å². The lowest BCUT2D eigenvalue weighted by atomic mass is 10.3. The van der Waals surface area contributed by atoms with Crippen LogP contribution in [0.1, 0.15) is 20.8 Å². The number of ether oxygens (including phenoxy) is 1. The van der Waals surface area contributed by atoms with E-state index < -0.39 is 0 Å². The molecule has 6 heteroatoms. The Kier molecular flexibility index (Phi) is 6.89. The predicted molar refractivity (Wildman–Crippen MR) is 102 cm³/mol. The Morgan fingerprint density at radius 1 is 1.12 bits per heavy atom. The molecule has 0 saturated heterocycles. The molecule has 132 valence electrons. The molecule has 2 aromatic carbocycles. The summed E-state index contributed by atoms with van der Waals surface area (Å²) in [5.74, 6) is 0.422. The maximum Gasteiger partial charge on any atom is 0.237 e. The number of thioether (sulfide) groups is 1. The SMILES string of the molecule is CCOc1ccccc1NC(=O)C(C)Sc1cccc(NC(C)=O)c1. The molecule has 5 nitrogen and oxygen atoms in total. The summed E-state index contributed by atoms with van der Waals surface area (Å²) < 4.78 is 5.53. The van der Waals surface area contributed by atoms with Gasteiger partial charge in [-0.2, -0.15) is 0 Å². The van der Waals surface area contributed by atoms with E-state index >= 15 is 0 Å². The highest BCUT2D eigenvalue weighted by Gasteiger charge is 2.16. The van der Waals surface area contributed by atoms with Gasteiger partial charge in [-0.25, -0.2) is 0 Å². The average Bonchev–Trinajstić information content (AvgIpc) is 2.56. The van der Waals surface area contributed by atoms with Gasteiger partial charge in [0.2, 0.25) is 11.8 Å². The lowest BCUT2D eigenvalue weighted by molar-refractivity contribution is -0.115. The zero-order valence-corrected chi connectivity index (χ0v) is 15.4. The molecule has 1 atom stereocenters. The molecule has 2 N–H and O–H groups in total. The number of para-hydroxylation sites is 2. The molecule has 0 aromatic heterocycles. The molecule has 0 heterocycles. The summed E-state index contributed by atoms with van der Waals surface area (Å²) in [6.07, 6.45) is 0. The number of amides is 2. The van der Waals surface area contributed by atoms with E-state index in [4.69, 9.17) is 4.74 Å². The highest BCUT2D eigenvalue weighted by Crippen LogP contribution is 2.28. The number of carbonyl (C=O) groups excluding carboxylic acids is 2. The Morgan fingerprint density at radius 3 is 2.60 bits per heavy atom. The number of carbonyl (C=O) groups is 2. The van der Waals surface area contributed by atoms with E-state index in [2.05, 4.69) is 10.6 Å². The molecule has 2 rings (SSSR count). The quantitative estimate of drug-likeness (QED) is 0.729. The van der Waals surface area contributed by atoms with Gasteiger partial charge in [-0.15, -0.1) is 11.8 Å². The van der Waals surface area contributed by atoms with Gasteiger partial charge in [0.25, 0.3) is 0 Å². The molecule has 0 saturated carbocycles. The predicted octanol–water partition coefficient (Wildman–Crippen LogP) is 4.16. The molecular weight excluding hydrogens is 336 g/mol. The molecule has 1 unspecified atom stereocenters. The molecule has 0 bridgehead atoms. The molecule has 0 aliphatic rings. The fourth-order valence-electron chi connectivity index (χ4n) is 2.19. The van der Waals surface area contributed by atoms with Crippen molar-refractivity contribution in [3.63, 3.8) is 0 Å². The number of anilines is 2. The second-order valence-electron chi connectivity index (χ2n) is 5.39. The van der Waals surface area contributed by atoms with E-state index in [1.807, 2.05) is 62.4 Å².